The maximum atomic E-state index is 8.67. The quantitative estimate of drug-likeness (QED) is 0.538. The lowest BCUT2D eigenvalue weighted by Gasteiger charge is -2.09. The second-order valence-corrected chi connectivity index (χ2v) is 3.78. The fraction of sp³-hybridized carbons (Fsp3) is 0.462. The maximum Gasteiger partial charge on any atom is 0.0701 e. The van der Waals surface area contributed by atoms with E-state index in [9.17, 15) is 0 Å². The second kappa shape index (κ2) is 8.34. The van der Waals surface area contributed by atoms with Crippen LogP contribution in [0.2, 0.25) is 0 Å². The zero-order chi connectivity index (χ0) is 13.2. The van der Waals surface area contributed by atoms with Gasteiger partial charge in [-0.15, -0.1) is 0 Å². The smallest absolute Gasteiger partial charge is 0.0701 e. The van der Waals surface area contributed by atoms with Gasteiger partial charge in [0.1, 0.15) is 0 Å². The van der Waals surface area contributed by atoms with Crippen LogP contribution in [-0.4, -0.2) is 33.5 Å². The summed E-state index contributed by atoms with van der Waals surface area (Å²) in [5, 5.41) is 11.9. The highest BCUT2D eigenvalue weighted by Crippen LogP contribution is 2.17. The molecule has 0 saturated heterocycles. The molecule has 0 amide bonds. The van der Waals surface area contributed by atoms with E-state index in [1.807, 2.05) is 12.1 Å². The number of rotatable bonds is 8. The van der Waals surface area contributed by atoms with Gasteiger partial charge in [-0.2, -0.15) is 5.26 Å². The van der Waals surface area contributed by atoms with Crippen molar-refractivity contribution in [2.24, 2.45) is 0 Å². The molecule has 0 atom stereocenters. The lowest BCUT2D eigenvalue weighted by atomic mass is 10.1. The Morgan fingerprint density at radius 2 is 2.17 bits per heavy atom. The van der Waals surface area contributed by atoms with E-state index in [1.54, 1.807) is 13.2 Å². The third-order valence-electron chi connectivity index (χ3n) is 2.42. The number of ether oxygens (including phenoxy) is 2. The topological polar surface area (TPSA) is 80.3 Å². The SMILES string of the molecule is COCCOCCNc1ccc(N)c(CC#N)c1. The number of benzene rings is 1. The fourth-order valence-electron chi connectivity index (χ4n) is 1.47. The largest absolute Gasteiger partial charge is 0.398 e. The maximum absolute atomic E-state index is 8.67. The molecular weight excluding hydrogens is 230 g/mol. The molecule has 0 aliphatic rings. The molecule has 3 N–H and O–H groups in total. The standard InChI is InChI=1S/C13H19N3O2/c1-17-8-9-18-7-6-16-12-2-3-13(15)11(10-12)4-5-14/h2-3,10,16H,4,6-9,15H2,1H3. The Morgan fingerprint density at radius 1 is 1.33 bits per heavy atom. The van der Waals surface area contributed by atoms with E-state index >= 15 is 0 Å². The van der Waals surface area contributed by atoms with E-state index < -0.39 is 0 Å². The van der Waals surface area contributed by atoms with E-state index in [2.05, 4.69) is 11.4 Å². The molecule has 98 valence electrons. The van der Waals surface area contributed by atoms with Crippen LogP contribution in [0.1, 0.15) is 5.56 Å². The molecule has 0 bridgehead atoms. The van der Waals surface area contributed by atoms with Crippen molar-refractivity contribution in [2.75, 3.05) is 44.5 Å². The molecule has 18 heavy (non-hydrogen) atoms. The average molecular weight is 249 g/mol. The summed E-state index contributed by atoms with van der Waals surface area (Å²) in [6.07, 6.45) is 0.325. The zero-order valence-electron chi connectivity index (χ0n) is 10.6. The Hall–Kier alpha value is -1.77. The Kier molecular flexibility index (Phi) is 6.62. The van der Waals surface area contributed by atoms with Gasteiger partial charge in [0, 0.05) is 25.0 Å². The van der Waals surface area contributed by atoms with Crippen LogP contribution in [0.3, 0.4) is 0 Å². The number of hydrogen-bond donors (Lipinski definition) is 2. The van der Waals surface area contributed by atoms with E-state index in [1.165, 1.54) is 0 Å². The molecule has 0 saturated carbocycles. The van der Waals surface area contributed by atoms with Gasteiger partial charge in [0.15, 0.2) is 0 Å². The second-order valence-electron chi connectivity index (χ2n) is 3.78. The summed E-state index contributed by atoms with van der Waals surface area (Å²) >= 11 is 0. The summed E-state index contributed by atoms with van der Waals surface area (Å²) in [5.74, 6) is 0. The van der Waals surface area contributed by atoms with Crippen molar-refractivity contribution in [1.29, 1.82) is 5.26 Å². The molecule has 5 nitrogen and oxygen atoms in total. The molecule has 0 spiro atoms. The Labute approximate surface area is 107 Å². The number of anilines is 2. The summed E-state index contributed by atoms with van der Waals surface area (Å²) in [4.78, 5) is 0. The molecule has 0 aliphatic carbocycles. The molecule has 5 heteroatoms. The first-order valence-corrected chi connectivity index (χ1v) is 5.84. The van der Waals surface area contributed by atoms with Gasteiger partial charge in [-0.25, -0.2) is 0 Å². The van der Waals surface area contributed by atoms with Crippen molar-refractivity contribution in [2.45, 2.75) is 6.42 Å². The summed E-state index contributed by atoms with van der Waals surface area (Å²) in [6.45, 7) is 2.52. The minimum atomic E-state index is 0.325. The summed E-state index contributed by atoms with van der Waals surface area (Å²) in [7, 11) is 1.65. The van der Waals surface area contributed by atoms with Crippen molar-refractivity contribution in [3.63, 3.8) is 0 Å². The van der Waals surface area contributed by atoms with Gasteiger partial charge < -0.3 is 20.5 Å². The lowest BCUT2D eigenvalue weighted by molar-refractivity contribution is 0.0759. The van der Waals surface area contributed by atoms with Gasteiger partial charge in [-0.05, 0) is 23.8 Å². The van der Waals surface area contributed by atoms with Crippen LogP contribution in [0.25, 0.3) is 0 Å². The summed E-state index contributed by atoms with van der Waals surface area (Å²) in [6, 6.07) is 7.69. The lowest BCUT2D eigenvalue weighted by Crippen LogP contribution is -2.12. The molecule has 0 fully saturated rings. The number of nitriles is 1. The zero-order valence-corrected chi connectivity index (χ0v) is 10.6. The molecule has 1 aromatic carbocycles. The number of nitrogens with two attached hydrogens (primary N) is 1. The van der Waals surface area contributed by atoms with Gasteiger partial charge in [0.25, 0.3) is 0 Å². The normalized spacial score (nSPS) is 10.0. The van der Waals surface area contributed by atoms with Crippen LogP contribution in [0.4, 0.5) is 11.4 Å². The number of nitrogens with zero attached hydrogens (tertiary/aromatic N) is 1. The van der Waals surface area contributed by atoms with Crippen molar-refractivity contribution >= 4 is 11.4 Å². The van der Waals surface area contributed by atoms with Crippen LogP contribution in [0, 0.1) is 11.3 Å². The fourth-order valence-corrected chi connectivity index (χ4v) is 1.47. The van der Waals surface area contributed by atoms with Crippen LogP contribution >= 0.6 is 0 Å². The third kappa shape index (κ3) is 5.04. The van der Waals surface area contributed by atoms with Crippen molar-refractivity contribution in [3.8, 4) is 6.07 Å². The van der Waals surface area contributed by atoms with Crippen LogP contribution in [0.5, 0.6) is 0 Å². The summed E-state index contributed by atoms with van der Waals surface area (Å²) < 4.78 is 10.2. The first-order valence-electron chi connectivity index (χ1n) is 5.84. The Balaban J connectivity index is 2.34. The molecule has 0 unspecified atom stereocenters. The minimum absolute atomic E-state index is 0.325. The summed E-state index contributed by atoms with van der Waals surface area (Å²) in [5.41, 5.74) is 8.22. The number of hydrogen-bond acceptors (Lipinski definition) is 5. The number of nitrogen functional groups attached to an aromatic ring is 1. The third-order valence-corrected chi connectivity index (χ3v) is 2.42. The van der Waals surface area contributed by atoms with Crippen molar-refractivity contribution < 1.29 is 9.47 Å². The van der Waals surface area contributed by atoms with Crippen molar-refractivity contribution in [1.82, 2.24) is 0 Å². The highest BCUT2D eigenvalue weighted by molar-refractivity contribution is 5.57. The van der Waals surface area contributed by atoms with E-state index in [0.29, 0.717) is 38.5 Å². The average Bonchev–Trinajstić information content (AvgIpc) is 2.37. The number of methoxy groups -OCH3 is 1. The monoisotopic (exact) mass is 249 g/mol. The molecule has 0 aliphatic heterocycles. The molecule has 0 aromatic heterocycles. The Morgan fingerprint density at radius 3 is 2.89 bits per heavy atom. The minimum Gasteiger partial charge on any atom is -0.398 e. The van der Waals surface area contributed by atoms with E-state index in [-0.39, 0.29) is 0 Å². The molecule has 1 rings (SSSR count). The Bertz CT molecular complexity index is 402. The first-order chi connectivity index (χ1) is 8.77. The van der Waals surface area contributed by atoms with Crippen molar-refractivity contribution in [3.05, 3.63) is 23.8 Å². The van der Waals surface area contributed by atoms with Crippen LogP contribution < -0.4 is 11.1 Å². The predicted octanol–water partition coefficient (Wildman–Crippen LogP) is 1.41. The van der Waals surface area contributed by atoms with Gasteiger partial charge in [-0.1, -0.05) is 0 Å². The van der Waals surface area contributed by atoms with Crippen LogP contribution in [0.15, 0.2) is 18.2 Å². The van der Waals surface area contributed by atoms with Crippen LogP contribution in [-0.2, 0) is 15.9 Å². The van der Waals surface area contributed by atoms with Gasteiger partial charge in [0.2, 0.25) is 0 Å². The van der Waals surface area contributed by atoms with Gasteiger partial charge in [-0.3, -0.25) is 0 Å². The van der Waals surface area contributed by atoms with Gasteiger partial charge >= 0.3 is 0 Å². The van der Waals surface area contributed by atoms with Gasteiger partial charge in [0.05, 0.1) is 32.3 Å². The highest BCUT2D eigenvalue weighted by Gasteiger charge is 2.00. The molecule has 1 aromatic rings. The van der Waals surface area contributed by atoms with E-state index in [0.717, 1.165) is 11.3 Å². The number of nitrogens with one attached hydrogen (secondary N) is 1. The molecular formula is C13H19N3O2. The predicted molar refractivity (Wildman–Crippen MR) is 71.4 cm³/mol. The molecule has 0 radical (unpaired) electrons. The highest BCUT2D eigenvalue weighted by atomic mass is 16.5. The first kappa shape index (κ1) is 14.3. The molecule has 0 heterocycles. The van der Waals surface area contributed by atoms with E-state index in [4.69, 9.17) is 20.5 Å².